The van der Waals surface area contributed by atoms with E-state index in [2.05, 4.69) is 17.0 Å². The van der Waals surface area contributed by atoms with Gasteiger partial charge in [-0.3, -0.25) is 9.59 Å². The molecule has 0 aromatic rings. The molecule has 5 nitrogen and oxygen atoms in total. The van der Waals surface area contributed by atoms with Gasteiger partial charge in [0.05, 0.1) is 13.2 Å². The van der Waals surface area contributed by atoms with E-state index in [4.69, 9.17) is 5.73 Å². The van der Waals surface area contributed by atoms with E-state index in [1.807, 2.05) is 6.92 Å². The van der Waals surface area contributed by atoms with Crippen LogP contribution in [0, 0.1) is 5.92 Å². The van der Waals surface area contributed by atoms with Crippen LogP contribution in [0.4, 0.5) is 0 Å². The van der Waals surface area contributed by atoms with E-state index < -0.39 is 0 Å². The topological polar surface area (TPSA) is 81.4 Å². The maximum Gasteiger partial charge on any atom is 0.305 e. The zero-order valence-corrected chi connectivity index (χ0v) is 11.0. The molecule has 2 atom stereocenters. The molecule has 0 aliphatic carbocycles. The minimum absolute atomic E-state index is 0.195. The third-order valence-corrected chi connectivity index (χ3v) is 2.78. The maximum atomic E-state index is 11.2. The molecule has 0 radical (unpaired) electrons. The van der Waals surface area contributed by atoms with E-state index in [9.17, 15) is 9.59 Å². The highest BCUT2D eigenvalue weighted by Gasteiger charge is 2.17. The third-order valence-electron chi connectivity index (χ3n) is 2.78. The predicted octanol–water partition coefficient (Wildman–Crippen LogP) is 0.819. The van der Waals surface area contributed by atoms with Gasteiger partial charge in [-0.05, 0) is 25.3 Å². The minimum atomic E-state index is -0.346. The Morgan fingerprint density at radius 3 is 2.41 bits per heavy atom. The van der Waals surface area contributed by atoms with Gasteiger partial charge in [0.2, 0.25) is 5.91 Å². The lowest BCUT2D eigenvalue weighted by atomic mass is 9.99. The van der Waals surface area contributed by atoms with Gasteiger partial charge in [0.1, 0.15) is 0 Å². The number of methoxy groups -OCH3 is 1. The average molecular weight is 244 g/mol. The van der Waals surface area contributed by atoms with Crippen molar-refractivity contribution in [2.24, 2.45) is 11.7 Å². The summed E-state index contributed by atoms with van der Waals surface area (Å²) >= 11 is 0. The summed E-state index contributed by atoms with van der Waals surface area (Å²) in [7, 11) is 1.39. The highest BCUT2D eigenvalue weighted by molar-refractivity contribution is 5.79. The normalized spacial score (nSPS) is 14.1. The molecule has 3 N–H and O–H groups in total. The summed E-state index contributed by atoms with van der Waals surface area (Å²) < 4.78 is 4.65. The molecule has 0 aliphatic rings. The molecule has 0 heterocycles. The molecule has 0 fully saturated rings. The predicted molar refractivity (Wildman–Crippen MR) is 66.3 cm³/mol. The van der Waals surface area contributed by atoms with Crippen LogP contribution in [0.3, 0.4) is 0 Å². The number of amides is 1. The van der Waals surface area contributed by atoms with Crippen LogP contribution in [0.15, 0.2) is 0 Å². The monoisotopic (exact) mass is 244 g/mol. The van der Waals surface area contributed by atoms with Gasteiger partial charge in [-0.1, -0.05) is 20.3 Å². The first-order valence-corrected chi connectivity index (χ1v) is 6.14. The standard InChI is InChI=1S/C12H24N2O3/c1-4-6-9(7-11(15)17-3)8-14-10(5-2)12(13)16/h9-10,14H,4-8H2,1-3H3,(H2,13,16). The van der Waals surface area contributed by atoms with E-state index in [1.54, 1.807) is 0 Å². The number of nitrogens with two attached hydrogens (primary N) is 1. The fourth-order valence-electron chi connectivity index (χ4n) is 1.76. The number of carbonyl (C=O) groups is 2. The highest BCUT2D eigenvalue weighted by Crippen LogP contribution is 2.11. The fourth-order valence-corrected chi connectivity index (χ4v) is 1.76. The van der Waals surface area contributed by atoms with Crippen molar-refractivity contribution in [3.05, 3.63) is 0 Å². The molecule has 0 saturated heterocycles. The number of carbonyl (C=O) groups excluding carboxylic acids is 2. The van der Waals surface area contributed by atoms with Crippen molar-refractivity contribution >= 4 is 11.9 Å². The smallest absolute Gasteiger partial charge is 0.305 e. The van der Waals surface area contributed by atoms with Gasteiger partial charge in [-0.15, -0.1) is 0 Å². The van der Waals surface area contributed by atoms with Crippen molar-refractivity contribution in [2.75, 3.05) is 13.7 Å². The summed E-state index contributed by atoms with van der Waals surface area (Å²) in [5, 5.41) is 3.10. The molecular weight excluding hydrogens is 220 g/mol. The second-order valence-electron chi connectivity index (χ2n) is 4.21. The van der Waals surface area contributed by atoms with Crippen molar-refractivity contribution in [3.63, 3.8) is 0 Å². The van der Waals surface area contributed by atoms with Gasteiger partial charge in [-0.25, -0.2) is 0 Å². The van der Waals surface area contributed by atoms with E-state index in [1.165, 1.54) is 7.11 Å². The lowest BCUT2D eigenvalue weighted by Gasteiger charge is -2.19. The number of hydrogen-bond acceptors (Lipinski definition) is 4. The highest BCUT2D eigenvalue weighted by atomic mass is 16.5. The van der Waals surface area contributed by atoms with Crippen molar-refractivity contribution in [3.8, 4) is 0 Å². The quantitative estimate of drug-likeness (QED) is 0.588. The lowest BCUT2D eigenvalue weighted by Crippen LogP contribution is -2.43. The van der Waals surface area contributed by atoms with Gasteiger partial charge in [0.25, 0.3) is 0 Å². The molecular formula is C12H24N2O3. The number of rotatable bonds is 9. The Labute approximate surface area is 103 Å². The molecule has 2 unspecified atom stereocenters. The SMILES string of the molecule is CCCC(CNC(CC)C(N)=O)CC(=O)OC. The lowest BCUT2D eigenvalue weighted by molar-refractivity contribution is -0.141. The molecule has 5 heteroatoms. The van der Waals surface area contributed by atoms with E-state index in [0.717, 1.165) is 12.8 Å². The largest absolute Gasteiger partial charge is 0.469 e. The Balaban J connectivity index is 4.15. The van der Waals surface area contributed by atoms with Crippen molar-refractivity contribution in [1.82, 2.24) is 5.32 Å². The Hall–Kier alpha value is -1.10. The van der Waals surface area contributed by atoms with Crippen LogP contribution in [0.1, 0.15) is 39.5 Å². The van der Waals surface area contributed by atoms with Gasteiger partial charge < -0.3 is 15.8 Å². The van der Waals surface area contributed by atoms with E-state index in [-0.39, 0.29) is 23.8 Å². The summed E-state index contributed by atoms with van der Waals surface area (Å²) in [6.07, 6.45) is 2.97. The maximum absolute atomic E-state index is 11.2. The first-order valence-electron chi connectivity index (χ1n) is 6.14. The zero-order valence-electron chi connectivity index (χ0n) is 11.0. The molecule has 0 aromatic carbocycles. The molecule has 17 heavy (non-hydrogen) atoms. The second kappa shape index (κ2) is 8.98. The molecule has 0 aliphatic heterocycles. The van der Waals surface area contributed by atoms with Crippen LogP contribution in [-0.2, 0) is 14.3 Å². The van der Waals surface area contributed by atoms with Crippen LogP contribution in [0.2, 0.25) is 0 Å². The Morgan fingerprint density at radius 1 is 1.35 bits per heavy atom. The summed E-state index contributed by atoms with van der Waals surface area (Å²) in [5.74, 6) is -0.362. The van der Waals surface area contributed by atoms with Crippen LogP contribution >= 0.6 is 0 Å². The molecule has 0 rings (SSSR count). The molecule has 100 valence electrons. The van der Waals surface area contributed by atoms with Gasteiger partial charge >= 0.3 is 5.97 Å². The van der Waals surface area contributed by atoms with E-state index in [0.29, 0.717) is 19.4 Å². The third kappa shape index (κ3) is 6.94. The van der Waals surface area contributed by atoms with Crippen LogP contribution in [-0.4, -0.2) is 31.6 Å². The molecule has 1 amide bonds. The second-order valence-corrected chi connectivity index (χ2v) is 4.21. The van der Waals surface area contributed by atoms with Gasteiger partial charge in [-0.2, -0.15) is 0 Å². The Kier molecular flexibility index (Phi) is 8.40. The average Bonchev–Trinajstić information content (AvgIpc) is 2.29. The Bertz CT molecular complexity index is 244. The van der Waals surface area contributed by atoms with Crippen molar-refractivity contribution in [2.45, 2.75) is 45.6 Å². The van der Waals surface area contributed by atoms with Gasteiger partial charge in [0, 0.05) is 6.42 Å². The summed E-state index contributed by atoms with van der Waals surface area (Å²) in [6, 6.07) is -0.313. The summed E-state index contributed by atoms with van der Waals surface area (Å²) in [5.41, 5.74) is 5.24. The Morgan fingerprint density at radius 2 is 2.00 bits per heavy atom. The van der Waals surface area contributed by atoms with E-state index >= 15 is 0 Å². The summed E-state index contributed by atoms with van der Waals surface area (Å²) in [6.45, 7) is 4.58. The van der Waals surface area contributed by atoms with Crippen LogP contribution in [0.5, 0.6) is 0 Å². The summed E-state index contributed by atoms with van der Waals surface area (Å²) in [4.78, 5) is 22.3. The molecule has 0 bridgehead atoms. The number of esters is 1. The molecule has 0 saturated carbocycles. The number of primary amides is 1. The zero-order chi connectivity index (χ0) is 13.3. The number of hydrogen-bond donors (Lipinski definition) is 2. The molecule has 0 aromatic heterocycles. The number of ether oxygens (including phenoxy) is 1. The van der Waals surface area contributed by atoms with Gasteiger partial charge in [0.15, 0.2) is 0 Å². The van der Waals surface area contributed by atoms with Crippen LogP contribution in [0.25, 0.3) is 0 Å². The number of nitrogens with one attached hydrogen (secondary N) is 1. The minimum Gasteiger partial charge on any atom is -0.469 e. The first-order chi connectivity index (χ1) is 8.04. The molecule has 0 spiro atoms. The first kappa shape index (κ1) is 15.9. The van der Waals surface area contributed by atoms with Crippen molar-refractivity contribution in [1.29, 1.82) is 0 Å². The fraction of sp³-hybridized carbons (Fsp3) is 0.833. The van der Waals surface area contributed by atoms with Crippen LogP contribution < -0.4 is 11.1 Å². The van der Waals surface area contributed by atoms with Crippen molar-refractivity contribution < 1.29 is 14.3 Å².